The summed E-state index contributed by atoms with van der Waals surface area (Å²) in [5.41, 5.74) is 3.22. The number of piperidine rings is 1. The molecule has 1 aliphatic heterocycles. The standard InChI is InChI=1S/C28H29ClN6O2/c1-4-24(36)35-12-10-18(14-28(35,2)3)21-15-31-26-25(21)27(33-17-32-26)34-19-8-9-23(22(29)13-19)37-16-20-7-5-6-11-30-20/h4-9,11,13,15,17-18H,1,10,12,14,16H2,2-3H3,(H2,31,32,33,34). The fourth-order valence-electron chi connectivity index (χ4n) is 5.06. The number of H-pyrrole nitrogens is 1. The van der Waals surface area contributed by atoms with Gasteiger partial charge in [-0.2, -0.15) is 0 Å². The predicted octanol–water partition coefficient (Wildman–Crippen LogP) is 6.00. The third-order valence-electron chi connectivity index (χ3n) is 6.85. The molecule has 0 aliphatic carbocycles. The molecule has 4 aromatic rings. The number of nitrogens with one attached hydrogen (secondary N) is 2. The minimum absolute atomic E-state index is 0.0302. The normalized spacial score (nSPS) is 16.9. The fraction of sp³-hybridized carbons (Fsp3) is 0.286. The van der Waals surface area contributed by atoms with E-state index in [0.717, 1.165) is 40.8 Å². The lowest BCUT2D eigenvalue weighted by Crippen LogP contribution is -2.51. The second-order valence-electron chi connectivity index (χ2n) is 9.77. The summed E-state index contributed by atoms with van der Waals surface area (Å²) in [5.74, 6) is 1.49. The van der Waals surface area contributed by atoms with Gasteiger partial charge in [0.25, 0.3) is 0 Å². The van der Waals surface area contributed by atoms with Crippen LogP contribution in [0.3, 0.4) is 0 Å². The Kier molecular flexibility index (Phi) is 6.84. The van der Waals surface area contributed by atoms with Crippen LogP contribution < -0.4 is 10.1 Å². The number of ether oxygens (including phenoxy) is 1. The SMILES string of the molecule is C=CC(=O)N1CCC(c2c[nH]c3ncnc(Nc4ccc(OCc5ccccn5)c(Cl)c4)c23)CC1(C)C. The Bertz CT molecular complexity index is 1440. The van der Waals surface area contributed by atoms with Crippen LogP contribution >= 0.6 is 11.6 Å². The molecule has 37 heavy (non-hydrogen) atoms. The van der Waals surface area contributed by atoms with Gasteiger partial charge >= 0.3 is 0 Å². The van der Waals surface area contributed by atoms with Gasteiger partial charge in [-0.1, -0.05) is 24.2 Å². The van der Waals surface area contributed by atoms with Crippen LogP contribution in [0.5, 0.6) is 5.75 Å². The summed E-state index contributed by atoms with van der Waals surface area (Å²) in [6.45, 7) is 8.86. The largest absolute Gasteiger partial charge is 0.486 e. The van der Waals surface area contributed by atoms with E-state index in [0.29, 0.717) is 29.7 Å². The van der Waals surface area contributed by atoms with Gasteiger partial charge in [-0.25, -0.2) is 9.97 Å². The summed E-state index contributed by atoms with van der Waals surface area (Å²) in [7, 11) is 0. The first kappa shape index (κ1) is 24.8. The first-order chi connectivity index (χ1) is 17.9. The van der Waals surface area contributed by atoms with Gasteiger partial charge in [-0.05, 0) is 74.6 Å². The molecule has 190 valence electrons. The molecule has 1 aromatic carbocycles. The molecular formula is C28H29ClN6O2. The lowest BCUT2D eigenvalue weighted by molar-refractivity contribution is -0.133. The van der Waals surface area contributed by atoms with Gasteiger partial charge in [0.05, 0.1) is 16.1 Å². The van der Waals surface area contributed by atoms with Crippen molar-refractivity contribution in [2.24, 2.45) is 0 Å². The van der Waals surface area contributed by atoms with Crippen LogP contribution in [0.2, 0.25) is 5.02 Å². The number of aromatic amines is 1. The summed E-state index contributed by atoms with van der Waals surface area (Å²) < 4.78 is 5.85. The molecule has 9 heteroatoms. The number of nitrogens with zero attached hydrogens (tertiary/aromatic N) is 4. The second-order valence-corrected chi connectivity index (χ2v) is 10.2. The Morgan fingerprint density at radius 3 is 2.89 bits per heavy atom. The quantitative estimate of drug-likeness (QED) is 0.292. The van der Waals surface area contributed by atoms with E-state index in [1.165, 1.54) is 12.4 Å². The molecule has 1 amide bonds. The van der Waals surface area contributed by atoms with Crippen LogP contribution in [-0.4, -0.2) is 42.8 Å². The van der Waals surface area contributed by atoms with Gasteiger partial charge in [0.1, 0.15) is 30.1 Å². The average Bonchev–Trinajstić information content (AvgIpc) is 3.33. The van der Waals surface area contributed by atoms with Crippen molar-refractivity contribution in [1.82, 2.24) is 24.8 Å². The monoisotopic (exact) mass is 516 g/mol. The topological polar surface area (TPSA) is 96.0 Å². The number of carbonyl (C=O) groups excluding carboxylic acids is 1. The minimum Gasteiger partial charge on any atom is -0.486 e. The molecule has 4 heterocycles. The predicted molar refractivity (Wildman–Crippen MR) is 145 cm³/mol. The van der Waals surface area contributed by atoms with Crippen molar-refractivity contribution >= 4 is 40.0 Å². The first-order valence-electron chi connectivity index (χ1n) is 12.2. The zero-order chi connectivity index (χ0) is 26.0. The van der Waals surface area contributed by atoms with Gasteiger partial charge in [-0.15, -0.1) is 0 Å². The van der Waals surface area contributed by atoms with E-state index in [-0.39, 0.29) is 17.4 Å². The number of aromatic nitrogens is 4. The van der Waals surface area contributed by atoms with Crippen molar-refractivity contribution in [1.29, 1.82) is 0 Å². The maximum absolute atomic E-state index is 12.4. The molecule has 2 N–H and O–H groups in total. The highest BCUT2D eigenvalue weighted by Gasteiger charge is 2.38. The van der Waals surface area contributed by atoms with Gasteiger partial charge in [-0.3, -0.25) is 9.78 Å². The number of benzene rings is 1. The van der Waals surface area contributed by atoms with Gasteiger partial charge in [0, 0.05) is 30.2 Å². The fourth-order valence-corrected chi connectivity index (χ4v) is 5.29. The van der Waals surface area contributed by atoms with E-state index in [1.807, 2.05) is 47.5 Å². The van der Waals surface area contributed by atoms with Gasteiger partial charge in [0.2, 0.25) is 5.91 Å². The van der Waals surface area contributed by atoms with E-state index in [1.54, 1.807) is 6.20 Å². The summed E-state index contributed by atoms with van der Waals surface area (Å²) >= 11 is 6.53. The molecule has 1 saturated heterocycles. The summed E-state index contributed by atoms with van der Waals surface area (Å²) in [4.78, 5) is 30.8. The van der Waals surface area contributed by atoms with Crippen LogP contribution in [-0.2, 0) is 11.4 Å². The number of likely N-dealkylation sites (tertiary alicyclic amines) is 1. The van der Waals surface area contributed by atoms with Crippen LogP contribution in [0.25, 0.3) is 11.0 Å². The van der Waals surface area contributed by atoms with Crippen LogP contribution in [0, 0.1) is 0 Å². The van der Waals surface area contributed by atoms with Crippen molar-refractivity contribution in [2.75, 3.05) is 11.9 Å². The van der Waals surface area contributed by atoms with Crippen molar-refractivity contribution < 1.29 is 9.53 Å². The van der Waals surface area contributed by atoms with Crippen LogP contribution in [0.15, 0.2) is 67.8 Å². The molecule has 0 saturated carbocycles. The number of pyridine rings is 1. The number of hydrogen-bond acceptors (Lipinski definition) is 6. The number of rotatable bonds is 7. The molecular weight excluding hydrogens is 488 g/mol. The molecule has 3 aromatic heterocycles. The Labute approximate surface area is 220 Å². The van der Waals surface area contributed by atoms with Gasteiger partial charge < -0.3 is 19.9 Å². The van der Waals surface area contributed by atoms with E-state index in [4.69, 9.17) is 16.3 Å². The molecule has 0 spiro atoms. The van der Waals surface area contributed by atoms with Crippen molar-refractivity contribution in [2.45, 2.75) is 44.8 Å². The molecule has 5 rings (SSSR count). The lowest BCUT2D eigenvalue weighted by Gasteiger charge is -2.45. The number of hydrogen-bond donors (Lipinski definition) is 2. The Morgan fingerprint density at radius 1 is 1.30 bits per heavy atom. The Balaban J connectivity index is 1.37. The third-order valence-corrected chi connectivity index (χ3v) is 7.15. The average molecular weight is 517 g/mol. The van der Waals surface area contributed by atoms with Gasteiger partial charge in [0.15, 0.2) is 0 Å². The molecule has 1 atom stereocenters. The van der Waals surface area contributed by atoms with E-state index in [2.05, 4.69) is 45.7 Å². The maximum Gasteiger partial charge on any atom is 0.246 e. The number of halogens is 1. The van der Waals surface area contributed by atoms with E-state index >= 15 is 0 Å². The van der Waals surface area contributed by atoms with Crippen LogP contribution in [0.4, 0.5) is 11.5 Å². The molecule has 0 bridgehead atoms. The summed E-state index contributed by atoms with van der Waals surface area (Å²) in [6.07, 6.45) is 8.34. The molecule has 1 aliphatic rings. The number of anilines is 2. The highest BCUT2D eigenvalue weighted by molar-refractivity contribution is 6.32. The van der Waals surface area contributed by atoms with Crippen molar-refractivity contribution in [3.63, 3.8) is 0 Å². The Morgan fingerprint density at radius 2 is 2.16 bits per heavy atom. The zero-order valence-electron chi connectivity index (χ0n) is 20.9. The first-order valence-corrected chi connectivity index (χ1v) is 12.6. The molecule has 0 radical (unpaired) electrons. The minimum atomic E-state index is -0.292. The van der Waals surface area contributed by atoms with E-state index < -0.39 is 0 Å². The number of fused-ring (bicyclic) bond motifs is 1. The maximum atomic E-state index is 12.4. The van der Waals surface area contributed by atoms with Crippen molar-refractivity contribution in [3.05, 3.63) is 84.1 Å². The zero-order valence-corrected chi connectivity index (χ0v) is 21.6. The van der Waals surface area contributed by atoms with Crippen molar-refractivity contribution in [3.8, 4) is 5.75 Å². The summed E-state index contributed by atoms with van der Waals surface area (Å²) in [5, 5.41) is 4.84. The lowest BCUT2D eigenvalue weighted by atomic mass is 9.79. The molecule has 8 nitrogen and oxygen atoms in total. The number of amides is 1. The highest BCUT2D eigenvalue weighted by Crippen LogP contribution is 2.42. The summed E-state index contributed by atoms with van der Waals surface area (Å²) in [6, 6.07) is 11.2. The second kappa shape index (κ2) is 10.2. The molecule has 1 fully saturated rings. The highest BCUT2D eigenvalue weighted by atomic mass is 35.5. The smallest absolute Gasteiger partial charge is 0.246 e. The Hall–Kier alpha value is -3.91. The molecule has 1 unspecified atom stereocenters. The number of carbonyl (C=O) groups is 1. The van der Waals surface area contributed by atoms with Crippen LogP contribution in [0.1, 0.15) is 43.9 Å². The third kappa shape index (κ3) is 5.15. The van der Waals surface area contributed by atoms with E-state index in [9.17, 15) is 4.79 Å².